The van der Waals surface area contributed by atoms with E-state index in [1.807, 2.05) is 0 Å². The van der Waals surface area contributed by atoms with Gasteiger partial charge in [-0.25, -0.2) is 0 Å². The average molecular weight is 458 g/mol. The van der Waals surface area contributed by atoms with Crippen LogP contribution in [-0.4, -0.2) is 67.1 Å². The number of hydrogen-bond donors (Lipinski definition) is 2. The van der Waals surface area contributed by atoms with Crippen molar-refractivity contribution in [3.63, 3.8) is 0 Å². The molecule has 172 valence electrons. The van der Waals surface area contributed by atoms with Gasteiger partial charge in [-0.1, -0.05) is 11.8 Å². The highest BCUT2D eigenvalue weighted by molar-refractivity contribution is 7.99. The number of ether oxygens (including phenoxy) is 8. The molecule has 2 N–H and O–H groups in total. The monoisotopic (exact) mass is 458 g/mol. The molecule has 0 aliphatic heterocycles. The number of methoxy groups -OCH3 is 8. The minimum absolute atomic E-state index is 0.0401. The molecular weight excluding hydrogens is 432 g/mol. The quantitative estimate of drug-likeness (QED) is 0.546. The minimum Gasteiger partial charge on any atom is -0.501 e. The summed E-state index contributed by atoms with van der Waals surface area (Å²) in [7, 11) is 11.2. The van der Waals surface area contributed by atoms with Gasteiger partial charge in [-0.05, 0) is 0 Å². The first-order valence-corrected chi connectivity index (χ1v) is 9.57. The van der Waals surface area contributed by atoms with Gasteiger partial charge in [0.1, 0.15) is 9.79 Å². The smallest absolute Gasteiger partial charge is 0.208 e. The zero-order valence-electron chi connectivity index (χ0n) is 18.6. The third-order valence-electron chi connectivity index (χ3n) is 4.35. The van der Waals surface area contributed by atoms with Gasteiger partial charge in [-0.3, -0.25) is 0 Å². The Labute approximate surface area is 184 Å². The number of aromatic hydroxyl groups is 2. The molecule has 0 aliphatic carbocycles. The first kappa shape index (κ1) is 24.1. The molecule has 0 radical (unpaired) electrons. The van der Waals surface area contributed by atoms with E-state index in [1.54, 1.807) is 0 Å². The van der Waals surface area contributed by atoms with Gasteiger partial charge in [-0.2, -0.15) is 0 Å². The Morgan fingerprint density at radius 1 is 0.387 bits per heavy atom. The third-order valence-corrected chi connectivity index (χ3v) is 5.50. The highest BCUT2D eigenvalue weighted by Crippen LogP contribution is 2.62. The van der Waals surface area contributed by atoms with Crippen molar-refractivity contribution in [3.05, 3.63) is 0 Å². The van der Waals surface area contributed by atoms with Crippen molar-refractivity contribution >= 4 is 11.8 Å². The zero-order chi connectivity index (χ0) is 23.3. The van der Waals surface area contributed by atoms with Crippen LogP contribution >= 0.6 is 11.8 Å². The van der Waals surface area contributed by atoms with Gasteiger partial charge in [0.15, 0.2) is 23.0 Å². The molecule has 0 saturated heterocycles. The van der Waals surface area contributed by atoms with Crippen LogP contribution in [0.15, 0.2) is 9.79 Å². The van der Waals surface area contributed by atoms with Crippen molar-refractivity contribution in [2.45, 2.75) is 9.79 Å². The Bertz CT molecular complexity index is 803. The van der Waals surface area contributed by atoms with Crippen LogP contribution < -0.4 is 37.9 Å². The maximum atomic E-state index is 10.6. The summed E-state index contributed by atoms with van der Waals surface area (Å²) in [4.78, 5) is 0.755. The molecule has 0 fully saturated rings. The fourth-order valence-electron chi connectivity index (χ4n) is 3.04. The van der Waals surface area contributed by atoms with E-state index in [4.69, 9.17) is 37.9 Å². The first-order valence-electron chi connectivity index (χ1n) is 8.75. The second-order valence-corrected chi connectivity index (χ2v) is 6.74. The van der Waals surface area contributed by atoms with Gasteiger partial charge < -0.3 is 48.1 Å². The molecule has 0 amide bonds. The van der Waals surface area contributed by atoms with Crippen LogP contribution in [0.5, 0.6) is 57.5 Å². The van der Waals surface area contributed by atoms with Crippen LogP contribution in [-0.2, 0) is 0 Å². The van der Waals surface area contributed by atoms with Crippen molar-refractivity contribution in [1.82, 2.24) is 0 Å². The molecule has 2 aromatic carbocycles. The van der Waals surface area contributed by atoms with E-state index in [0.717, 1.165) is 11.8 Å². The van der Waals surface area contributed by atoms with Gasteiger partial charge >= 0.3 is 0 Å². The van der Waals surface area contributed by atoms with E-state index in [9.17, 15) is 10.2 Å². The number of benzene rings is 2. The lowest BCUT2D eigenvalue weighted by molar-refractivity contribution is 0.287. The Hall–Kier alpha value is -3.21. The fourth-order valence-corrected chi connectivity index (χ4v) is 4.32. The summed E-state index contributed by atoms with van der Waals surface area (Å²) < 4.78 is 43.4. The van der Waals surface area contributed by atoms with E-state index in [-0.39, 0.29) is 57.5 Å². The molecule has 2 aromatic rings. The molecule has 0 heterocycles. The number of phenolic OH excluding ortho intramolecular Hbond substituents is 2. The molecule has 2 rings (SSSR count). The van der Waals surface area contributed by atoms with Crippen LogP contribution in [0.3, 0.4) is 0 Å². The predicted octanol–water partition coefficient (Wildman–Crippen LogP) is 3.32. The van der Waals surface area contributed by atoms with Gasteiger partial charge in [-0.15, -0.1) is 0 Å². The van der Waals surface area contributed by atoms with Gasteiger partial charge in [0.2, 0.25) is 34.5 Å². The third kappa shape index (κ3) is 3.92. The summed E-state index contributed by atoms with van der Waals surface area (Å²) in [6, 6.07) is 0. The summed E-state index contributed by atoms with van der Waals surface area (Å²) in [6.45, 7) is 0. The summed E-state index contributed by atoms with van der Waals surface area (Å²) in [5, 5.41) is 21.1. The zero-order valence-corrected chi connectivity index (χ0v) is 19.4. The molecule has 0 spiro atoms. The van der Waals surface area contributed by atoms with E-state index in [2.05, 4.69) is 0 Å². The van der Waals surface area contributed by atoms with E-state index >= 15 is 0 Å². The topological polar surface area (TPSA) is 114 Å². The molecule has 0 bridgehead atoms. The van der Waals surface area contributed by atoms with E-state index in [1.165, 1.54) is 56.9 Å². The van der Waals surface area contributed by atoms with Crippen LogP contribution in [0, 0.1) is 0 Å². The Morgan fingerprint density at radius 3 is 0.742 bits per heavy atom. The molecule has 0 aromatic heterocycles. The van der Waals surface area contributed by atoms with E-state index in [0.29, 0.717) is 9.79 Å². The highest BCUT2D eigenvalue weighted by atomic mass is 32.2. The molecule has 11 heteroatoms. The van der Waals surface area contributed by atoms with Crippen molar-refractivity contribution in [2.24, 2.45) is 0 Å². The largest absolute Gasteiger partial charge is 0.501 e. The molecule has 31 heavy (non-hydrogen) atoms. The van der Waals surface area contributed by atoms with Gasteiger partial charge in [0.25, 0.3) is 0 Å². The van der Waals surface area contributed by atoms with Crippen molar-refractivity contribution in [3.8, 4) is 57.5 Å². The second kappa shape index (κ2) is 10.2. The van der Waals surface area contributed by atoms with Crippen LogP contribution in [0.2, 0.25) is 0 Å². The summed E-state index contributed by atoms with van der Waals surface area (Å²) in [5.41, 5.74) is 0. The van der Waals surface area contributed by atoms with Crippen LogP contribution in [0.1, 0.15) is 0 Å². The predicted molar refractivity (Wildman–Crippen MR) is 113 cm³/mol. The van der Waals surface area contributed by atoms with Crippen LogP contribution in [0.4, 0.5) is 0 Å². The first-order chi connectivity index (χ1) is 14.9. The van der Waals surface area contributed by atoms with E-state index < -0.39 is 0 Å². The number of rotatable bonds is 10. The van der Waals surface area contributed by atoms with Crippen molar-refractivity contribution < 1.29 is 48.1 Å². The molecule has 0 unspecified atom stereocenters. The van der Waals surface area contributed by atoms with Gasteiger partial charge in [0, 0.05) is 0 Å². The Morgan fingerprint density at radius 2 is 0.581 bits per heavy atom. The Kier molecular flexibility index (Phi) is 7.92. The lowest BCUT2D eigenvalue weighted by Crippen LogP contribution is -2.02. The van der Waals surface area contributed by atoms with Crippen LogP contribution in [0.25, 0.3) is 0 Å². The molecule has 10 nitrogen and oxygen atoms in total. The maximum absolute atomic E-state index is 10.6. The molecule has 0 saturated carbocycles. The SMILES string of the molecule is COc1c(O)c(OC)c(OC)c(Sc2c(OC)c(OC)c(O)c(OC)c2OC)c1OC. The van der Waals surface area contributed by atoms with Crippen molar-refractivity contribution in [2.75, 3.05) is 56.9 Å². The van der Waals surface area contributed by atoms with Gasteiger partial charge in [0.05, 0.1) is 56.9 Å². The lowest BCUT2D eigenvalue weighted by atomic mass is 10.2. The maximum Gasteiger partial charge on any atom is 0.208 e. The molecule has 0 atom stereocenters. The Balaban J connectivity index is 2.96. The average Bonchev–Trinajstić information content (AvgIpc) is 2.78. The number of hydrogen-bond acceptors (Lipinski definition) is 11. The minimum atomic E-state index is -0.289. The standard InChI is InChI=1S/C20H26O10S/c1-23-11-9(21)12(24-2)16(28-6)19(15(11)27-5)31-20-17(29-7)13(25-3)10(22)14(26-4)18(20)30-8/h21-22H,1-8H3. The normalized spacial score (nSPS) is 10.3. The molecule has 0 aliphatic rings. The highest BCUT2D eigenvalue weighted by Gasteiger charge is 2.33. The lowest BCUT2D eigenvalue weighted by Gasteiger charge is -2.23. The summed E-state index contributed by atoms with van der Waals surface area (Å²) >= 11 is 1.09. The number of phenols is 2. The summed E-state index contributed by atoms with van der Waals surface area (Å²) in [5.74, 6) is 0.296. The molecular formula is C20H26O10S. The second-order valence-electron chi connectivity index (χ2n) is 5.72. The summed E-state index contributed by atoms with van der Waals surface area (Å²) in [6.07, 6.45) is 0. The fraction of sp³-hybridized carbons (Fsp3) is 0.400. The van der Waals surface area contributed by atoms with Crippen molar-refractivity contribution in [1.29, 1.82) is 0 Å².